The Hall–Kier alpha value is -1.42. The summed E-state index contributed by atoms with van der Waals surface area (Å²) in [5.74, 6) is 1.07. The summed E-state index contributed by atoms with van der Waals surface area (Å²) in [5.41, 5.74) is 0.265. The number of alkyl halides is 1. The number of hydrogen-bond donors (Lipinski definition) is 2. The third-order valence-corrected chi connectivity index (χ3v) is 4.02. The molecule has 0 radical (unpaired) electrons. The third kappa shape index (κ3) is 3.13. The van der Waals surface area contributed by atoms with Gasteiger partial charge in [-0.1, -0.05) is 6.42 Å². The first-order valence-electron chi connectivity index (χ1n) is 6.39. The Morgan fingerprint density at radius 2 is 2.32 bits per heavy atom. The number of aromatic hydroxyl groups is 1. The number of amides is 1. The Balaban J connectivity index is 2.07. The second-order valence-electron chi connectivity index (χ2n) is 4.81. The first-order valence-corrected chi connectivity index (χ1v) is 6.93. The van der Waals surface area contributed by atoms with Crippen molar-refractivity contribution in [1.29, 1.82) is 0 Å². The minimum Gasteiger partial charge on any atom is -0.507 e. The molecule has 2 rings (SSSR count). The van der Waals surface area contributed by atoms with E-state index in [1.165, 1.54) is 13.2 Å². The predicted molar refractivity (Wildman–Crippen MR) is 74.0 cm³/mol. The second-order valence-corrected chi connectivity index (χ2v) is 5.12. The molecule has 1 aromatic carbocycles. The van der Waals surface area contributed by atoms with Crippen LogP contribution in [0, 0.1) is 5.92 Å². The maximum absolute atomic E-state index is 12.1. The maximum Gasteiger partial charge on any atom is 0.255 e. The van der Waals surface area contributed by atoms with Crippen LogP contribution in [-0.4, -0.2) is 30.0 Å². The fraction of sp³-hybridized carbons (Fsp3) is 0.500. The molecule has 0 bridgehead atoms. The van der Waals surface area contributed by atoms with Gasteiger partial charge >= 0.3 is 0 Å². The van der Waals surface area contributed by atoms with Crippen LogP contribution in [0.15, 0.2) is 18.2 Å². The van der Waals surface area contributed by atoms with Gasteiger partial charge in [0.1, 0.15) is 11.5 Å². The molecule has 4 nitrogen and oxygen atoms in total. The van der Waals surface area contributed by atoms with Gasteiger partial charge in [0.25, 0.3) is 5.91 Å². The molecule has 1 amide bonds. The largest absolute Gasteiger partial charge is 0.507 e. The fourth-order valence-corrected chi connectivity index (χ4v) is 2.86. The van der Waals surface area contributed by atoms with Crippen molar-refractivity contribution in [3.8, 4) is 11.5 Å². The topological polar surface area (TPSA) is 58.6 Å². The summed E-state index contributed by atoms with van der Waals surface area (Å²) < 4.78 is 4.99. The van der Waals surface area contributed by atoms with E-state index in [2.05, 4.69) is 5.32 Å². The highest BCUT2D eigenvalue weighted by molar-refractivity contribution is 6.18. The van der Waals surface area contributed by atoms with Crippen LogP contribution in [0.3, 0.4) is 0 Å². The molecule has 2 N–H and O–H groups in total. The zero-order valence-corrected chi connectivity index (χ0v) is 11.6. The van der Waals surface area contributed by atoms with Gasteiger partial charge < -0.3 is 15.2 Å². The van der Waals surface area contributed by atoms with Gasteiger partial charge in [-0.25, -0.2) is 0 Å². The first kappa shape index (κ1) is 14.0. The third-order valence-electron chi connectivity index (χ3n) is 3.62. The zero-order valence-electron chi connectivity index (χ0n) is 10.9. The molecule has 0 aliphatic heterocycles. The summed E-state index contributed by atoms with van der Waals surface area (Å²) in [6, 6.07) is 4.76. The molecule has 104 valence electrons. The van der Waals surface area contributed by atoms with Crippen LogP contribution in [-0.2, 0) is 0 Å². The van der Waals surface area contributed by atoms with Gasteiger partial charge in [0.15, 0.2) is 0 Å². The Bertz CT molecular complexity index is 464. The molecule has 0 saturated heterocycles. The molecule has 2 unspecified atom stereocenters. The van der Waals surface area contributed by atoms with Crippen molar-refractivity contribution < 1.29 is 14.6 Å². The van der Waals surface area contributed by atoms with E-state index >= 15 is 0 Å². The molecule has 5 heteroatoms. The monoisotopic (exact) mass is 283 g/mol. The minimum absolute atomic E-state index is 0.0720. The van der Waals surface area contributed by atoms with Crippen molar-refractivity contribution in [3.63, 3.8) is 0 Å². The lowest BCUT2D eigenvalue weighted by Gasteiger charge is -2.19. The number of ether oxygens (including phenoxy) is 1. The number of carbonyl (C=O) groups is 1. The Labute approximate surface area is 117 Å². The lowest BCUT2D eigenvalue weighted by Crippen LogP contribution is -2.37. The minimum atomic E-state index is -0.262. The van der Waals surface area contributed by atoms with E-state index < -0.39 is 0 Å². The highest BCUT2D eigenvalue weighted by atomic mass is 35.5. The number of benzene rings is 1. The number of nitrogens with one attached hydrogen (secondary N) is 1. The number of hydrogen-bond acceptors (Lipinski definition) is 3. The molecular weight excluding hydrogens is 266 g/mol. The van der Waals surface area contributed by atoms with Gasteiger partial charge in [-0.3, -0.25) is 4.79 Å². The Morgan fingerprint density at radius 3 is 2.95 bits per heavy atom. The number of halogens is 1. The van der Waals surface area contributed by atoms with Crippen molar-refractivity contribution in [2.75, 3.05) is 13.0 Å². The first-order chi connectivity index (χ1) is 9.15. The van der Waals surface area contributed by atoms with Gasteiger partial charge in [0.05, 0.1) is 12.7 Å². The summed E-state index contributed by atoms with van der Waals surface area (Å²) in [4.78, 5) is 12.1. The molecule has 2 atom stereocenters. The van der Waals surface area contributed by atoms with Crippen molar-refractivity contribution in [1.82, 2.24) is 5.32 Å². The van der Waals surface area contributed by atoms with E-state index in [9.17, 15) is 9.90 Å². The molecule has 1 aliphatic rings. The van der Waals surface area contributed by atoms with Crippen LogP contribution in [0.5, 0.6) is 11.5 Å². The second kappa shape index (κ2) is 6.15. The molecule has 1 saturated carbocycles. The Kier molecular flexibility index (Phi) is 4.53. The molecule has 0 aromatic heterocycles. The van der Waals surface area contributed by atoms with Crippen molar-refractivity contribution in [2.24, 2.45) is 5.92 Å². The zero-order chi connectivity index (χ0) is 13.8. The van der Waals surface area contributed by atoms with Gasteiger partial charge in [-0.2, -0.15) is 0 Å². The number of rotatable bonds is 4. The highest BCUT2D eigenvalue weighted by Gasteiger charge is 2.28. The number of methoxy groups -OCH3 is 1. The summed E-state index contributed by atoms with van der Waals surface area (Å²) in [7, 11) is 1.51. The number of carbonyl (C=O) groups excluding carboxylic acids is 1. The van der Waals surface area contributed by atoms with Crippen LogP contribution in [0.4, 0.5) is 0 Å². The Morgan fingerprint density at radius 1 is 1.53 bits per heavy atom. The van der Waals surface area contributed by atoms with Gasteiger partial charge in [-0.05, 0) is 30.9 Å². The van der Waals surface area contributed by atoms with E-state index in [1.54, 1.807) is 12.1 Å². The van der Waals surface area contributed by atoms with Crippen LogP contribution < -0.4 is 10.1 Å². The lowest BCUT2D eigenvalue weighted by molar-refractivity contribution is 0.0927. The van der Waals surface area contributed by atoms with Crippen LogP contribution in [0.2, 0.25) is 0 Å². The van der Waals surface area contributed by atoms with Gasteiger partial charge in [0, 0.05) is 18.0 Å². The highest BCUT2D eigenvalue weighted by Crippen LogP contribution is 2.28. The fourth-order valence-electron chi connectivity index (χ4n) is 2.49. The maximum atomic E-state index is 12.1. The number of phenols is 1. The van der Waals surface area contributed by atoms with Crippen LogP contribution in [0.25, 0.3) is 0 Å². The summed E-state index contributed by atoms with van der Waals surface area (Å²) in [6.07, 6.45) is 3.07. The molecule has 1 aromatic rings. The van der Waals surface area contributed by atoms with Gasteiger partial charge in [0.2, 0.25) is 0 Å². The molecule has 1 aliphatic carbocycles. The molecule has 0 spiro atoms. The van der Waals surface area contributed by atoms with E-state index in [0.29, 0.717) is 17.5 Å². The smallest absolute Gasteiger partial charge is 0.255 e. The van der Waals surface area contributed by atoms with Crippen LogP contribution in [0.1, 0.15) is 29.6 Å². The van der Waals surface area contributed by atoms with Gasteiger partial charge in [-0.15, -0.1) is 11.6 Å². The SMILES string of the molecule is COc1ccc(C(=O)NC2CCCC2CCl)c(O)c1. The molecular formula is C14H18ClNO3. The van der Waals surface area contributed by atoms with E-state index in [1.807, 2.05) is 0 Å². The average Bonchev–Trinajstić information content (AvgIpc) is 2.85. The van der Waals surface area contributed by atoms with Crippen molar-refractivity contribution >= 4 is 17.5 Å². The molecule has 1 fully saturated rings. The summed E-state index contributed by atoms with van der Waals surface area (Å²) in [5, 5.41) is 12.8. The molecule has 19 heavy (non-hydrogen) atoms. The average molecular weight is 284 g/mol. The van der Waals surface area contributed by atoms with Crippen LogP contribution >= 0.6 is 11.6 Å². The standard InChI is InChI=1S/C14H18ClNO3/c1-19-10-5-6-11(13(17)7-10)14(18)16-12-4-2-3-9(12)8-15/h5-7,9,12,17H,2-4,8H2,1H3,(H,16,18). The lowest BCUT2D eigenvalue weighted by atomic mass is 10.1. The number of phenolic OH excluding ortho intramolecular Hbond substituents is 1. The van der Waals surface area contributed by atoms with E-state index in [0.717, 1.165) is 19.3 Å². The summed E-state index contributed by atoms with van der Waals surface area (Å²) >= 11 is 5.89. The normalized spacial score (nSPS) is 22.2. The molecule has 0 heterocycles. The predicted octanol–water partition coefficient (Wildman–Crippen LogP) is 2.54. The summed E-state index contributed by atoms with van der Waals surface area (Å²) in [6.45, 7) is 0. The van der Waals surface area contributed by atoms with E-state index in [4.69, 9.17) is 16.3 Å². The van der Waals surface area contributed by atoms with E-state index in [-0.39, 0.29) is 23.3 Å². The van der Waals surface area contributed by atoms with Crippen molar-refractivity contribution in [3.05, 3.63) is 23.8 Å². The van der Waals surface area contributed by atoms with Crippen molar-refractivity contribution in [2.45, 2.75) is 25.3 Å². The quantitative estimate of drug-likeness (QED) is 0.835.